The van der Waals surface area contributed by atoms with E-state index in [0.29, 0.717) is 6.61 Å². The number of carbonyl (C=O) groups is 1. The van der Waals surface area contributed by atoms with Crippen molar-refractivity contribution in [1.82, 2.24) is 0 Å². The Labute approximate surface area is 131 Å². The Morgan fingerprint density at radius 3 is 2.59 bits per heavy atom. The maximum absolute atomic E-state index is 11.7. The first kappa shape index (κ1) is 14.9. The number of hydrogen-bond acceptors (Lipinski definition) is 3. The van der Waals surface area contributed by atoms with Crippen LogP contribution < -0.4 is 0 Å². The Morgan fingerprint density at radius 1 is 1.09 bits per heavy atom. The fourth-order valence-corrected chi connectivity index (χ4v) is 3.25. The second-order valence-corrected chi connectivity index (χ2v) is 5.99. The van der Waals surface area contributed by atoms with E-state index in [1.165, 1.54) is 43.1 Å². The molecule has 1 aromatic heterocycles. The molecule has 0 unspecified atom stereocenters. The van der Waals surface area contributed by atoms with Gasteiger partial charge < -0.3 is 9.15 Å². The highest BCUT2D eigenvalue weighted by Gasteiger charge is 2.17. The molecule has 3 rings (SSSR count). The average molecular weight is 298 g/mol. The molecule has 1 aliphatic rings. The molecule has 0 aliphatic heterocycles. The number of esters is 1. The summed E-state index contributed by atoms with van der Waals surface area (Å²) in [6.45, 7) is 0.390. The zero-order chi connectivity index (χ0) is 15.2. The Bertz CT molecular complexity index is 595. The highest BCUT2D eigenvalue weighted by molar-refractivity contribution is 5.86. The van der Waals surface area contributed by atoms with E-state index in [1.807, 2.05) is 0 Å². The topological polar surface area (TPSA) is 39.4 Å². The SMILES string of the molecule is O=C(OCCc1ccccc1CC1CCCC1)c1ccco1. The van der Waals surface area contributed by atoms with Gasteiger partial charge in [0, 0.05) is 6.42 Å². The van der Waals surface area contributed by atoms with Crippen LogP contribution in [0.25, 0.3) is 0 Å². The fraction of sp³-hybridized carbons (Fsp3) is 0.421. The van der Waals surface area contributed by atoms with Gasteiger partial charge in [-0.05, 0) is 35.6 Å². The van der Waals surface area contributed by atoms with Crippen molar-refractivity contribution < 1.29 is 13.9 Å². The summed E-state index contributed by atoms with van der Waals surface area (Å²) < 4.78 is 10.3. The Morgan fingerprint density at radius 2 is 1.86 bits per heavy atom. The molecule has 1 fully saturated rings. The van der Waals surface area contributed by atoms with Gasteiger partial charge in [0.15, 0.2) is 0 Å². The van der Waals surface area contributed by atoms with Crippen molar-refractivity contribution in [2.75, 3.05) is 6.61 Å². The van der Waals surface area contributed by atoms with Crippen LogP contribution >= 0.6 is 0 Å². The Balaban J connectivity index is 1.54. The Kier molecular flexibility index (Phi) is 4.94. The van der Waals surface area contributed by atoms with E-state index < -0.39 is 5.97 Å². The lowest BCUT2D eigenvalue weighted by molar-refractivity contribution is 0.0472. The van der Waals surface area contributed by atoms with E-state index in [9.17, 15) is 4.79 Å². The standard InChI is InChI=1S/C19H22O3/c20-19(18-10-5-12-21-18)22-13-11-16-8-3-4-9-17(16)14-15-6-1-2-7-15/h3-5,8-10,12,15H,1-2,6-7,11,13-14H2. The first-order valence-corrected chi connectivity index (χ1v) is 8.10. The van der Waals surface area contributed by atoms with Crippen molar-refractivity contribution in [2.24, 2.45) is 5.92 Å². The van der Waals surface area contributed by atoms with Crippen molar-refractivity contribution in [3.8, 4) is 0 Å². The molecular weight excluding hydrogens is 276 g/mol. The molecule has 0 saturated heterocycles. The molecule has 22 heavy (non-hydrogen) atoms. The molecule has 3 heteroatoms. The molecule has 0 N–H and O–H groups in total. The van der Waals surface area contributed by atoms with Crippen molar-refractivity contribution >= 4 is 5.97 Å². The predicted molar refractivity (Wildman–Crippen MR) is 84.8 cm³/mol. The number of ether oxygens (including phenoxy) is 1. The lowest BCUT2D eigenvalue weighted by Gasteiger charge is -2.13. The molecule has 2 aromatic rings. The average Bonchev–Trinajstić information content (AvgIpc) is 3.22. The van der Waals surface area contributed by atoms with E-state index in [-0.39, 0.29) is 5.76 Å². The van der Waals surface area contributed by atoms with Gasteiger partial charge in [-0.15, -0.1) is 0 Å². The number of hydrogen-bond donors (Lipinski definition) is 0. The van der Waals surface area contributed by atoms with Gasteiger partial charge in [0.2, 0.25) is 5.76 Å². The molecule has 1 aromatic carbocycles. The van der Waals surface area contributed by atoms with Crippen molar-refractivity contribution in [2.45, 2.75) is 38.5 Å². The molecule has 116 valence electrons. The number of carbonyl (C=O) groups excluding carboxylic acids is 1. The maximum Gasteiger partial charge on any atom is 0.374 e. The van der Waals surface area contributed by atoms with Crippen LogP contribution in [0.3, 0.4) is 0 Å². The van der Waals surface area contributed by atoms with Gasteiger partial charge in [0.05, 0.1) is 12.9 Å². The number of rotatable bonds is 6. The second kappa shape index (κ2) is 7.30. The summed E-state index contributed by atoms with van der Waals surface area (Å²) in [6.07, 6.45) is 8.83. The first-order valence-electron chi connectivity index (χ1n) is 8.10. The zero-order valence-electron chi connectivity index (χ0n) is 12.8. The summed E-state index contributed by atoms with van der Waals surface area (Å²) in [5.74, 6) is 0.698. The van der Waals surface area contributed by atoms with E-state index in [1.54, 1.807) is 12.1 Å². The fourth-order valence-electron chi connectivity index (χ4n) is 3.25. The Hall–Kier alpha value is -2.03. The maximum atomic E-state index is 11.7. The van der Waals surface area contributed by atoms with Gasteiger partial charge in [-0.1, -0.05) is 49.9 Å². The summed E-state index contributed by atoms with van der Waals surface area (Å²) in [4.78, 5) is 11.7. The molecule has 0 spiro atoms. The van der Waals surface area contributed by atoms with Crippen LogP contribution in [0.4, 0.5) is 0 Å². The van der Waals surface area contributed by atoms with E-state index >= 15 is 0 Å². The summed E-state index contributed by atoms with van der Waals surface area (Å²) in [5.41, 5.74) is 2.70. The van der Waals surface area contributed by atoms with Gasteiger partial charge in [-0.2, -0.15) is 0 Å². The zero-order valence-corrected chi connectivity index (χ0v) is 12.8. The lowest BCUT2D eigenvalue weighted by Crippen LogP contribution is -2.09. The third-order valence-corrected chi connectivity index (χ3v) is 4.43. The molecule has 0 radical (unpaired) electrons. The summed E-state index contributed by atoms with van der Waals surface area (Å²) in [7, 11) is 0. The normalized spacial score (nSPS) is 15.1. The molecule has 1 aliphatic carbocycles. The monoisotopic (exact) mass is 298 g/mol. The second-order valence-electron chi connectivity index (χ2n) is 5.99. The molecule has 0 bridgehead atoms. The molecule has 0 amide bonds. The quantitative estimate of drug-likeness (QED) is 0.741. The van der Waals surface area contributed by atoms with Crippen LogP contribution in [0.15, 0.2) is 47.1 Å². The number of benzene rings is 1. The van der Waals surface area contributed by atoms with E-state index in [2.05, 4.69) is 24.3 Å². The minimum Gasteiger partial charge on any atom is -0.459 e. The molecule has 3 nitrogen and oxygen atoms in total. The van der Waals surface area contributed by atoms with Crippen LogP contribution in [-0.4, -0.2) is 12.6 Å². The van der Waals surface area contributed by atoms with E-state index in [4.69, 9.17) is 9.15 Å². The van der Waals surface area contributed by atoms with Gasteiger partial charge in [0.1, 0.15) is 0 Å². The first-order chi connectivity index (χ1) is 10.8. The van der Waals surface area contributed by atoms with E-state index in [0.717, 1.165) is 18.8 Å². The minimum atomic E-state index is -0.390. The van der Waals surface area contributed by atoms with Crippen LogP contribution in [0.5, 0.6) is 0 Å². The molecular formula is C19H22O3. The van der Waals surface area contributed by atoms with Gasteiger partial charge >= 0.3 is 5.97 Å². The lowest BCUT2D eigenvalue weighted by atomic mass is 9.93. The van der Waals surface area contributed by atoms with Gasteiger partial charge in [0.25, 0.3) is 0 Å². The molecule has 1 heterocycles. The summed E-state index contributed by atoms with van der Waals surface area (Å²) in [6, 6.07) is 11.8. The largest absolute Gasteiger partial charge is 0.459 e. The van der Waals surface area contributed by atoms with Crippen LogP contribution in [0.1, 0.15) is 47.4 Å². The van der Waals surface area contributed by atoms with Crippen molar-refractivity contribution in [1.29, 1.82) is 0 Å². The van der Waals surface area contributed by atoms with Crippen molar-refractivity contribution in [3.63, 3.8) is 0 Å². The summed E-state index contributed by atoms with van der Waals surface area (Å²) in [5, 5.41) is 0. The number of furan rings is 1. The molecule has 0 atom stereocenters. The van der Waals surface area contributed by atoms with Crippen LogP contribution in [0.2, 0.25) is 0 Å². The third kappa shape index (κ3) is 3.79. The van der Waals surface area contributed by atoms with Crippen LogP contribution in [0, 0.1) is 5.92 Å². The smallest absolute Gasteiger partial charge is 0.374 e. The van der Waals surface area contributed by atoms with Gasteiger partial charge in [-0.25, -0.2) is 4.79 Å². The minimum absolute atomic E-state index is 0.263. The predicted octanol–water partition coefficient (Wildman–Crippen LogP) is 4.41. The third-order valence-electron chi connectivity index (χ3n) is 4.43. The summed E-state index contributed by atoms with van der Waals surface area (Å²) >= 11 is 0. The highest BCUT2D eigenvalue weighted by Crippen LogP contribution is 2.29. The van der Waals surface area contributed by atoms with Gasteiger partial charge in [-0.3, -0.25) is 0 Å². The van der Waals surface area contributed by atoms with Crippen LogP contribution in [-0.2, 0) is 17.6 Å². The van der Waals surface area contributed by atoms with Crippen molar-refractivity contribution in [3.05, 3.63) is 59.5 Å². The molecule has 1 saturated carbocycles. The highest BCUT2D eigenvalue weighted by atomic mass is 16.5.